The van der Waals surface area contributed by atoms with E-state index < -0.39 is 5.41 Å². The van der Waals surface area contributed by atoms with Crippen LogP contribution in [-0.2, 0) is 15.0 Å². The van der Waals surface area contributed by atoms with E-state index in [0.29, 0.717) is 5.69 Å². The van der Waals surface area contributed by atoms with Crippen LogP contribution in [0.3, 0.4) is 0 Å². The summed E-state index contributed by atoms with van der Waals surface area (Å²) in [6.45, 7) is 4.15. The Hall–Kier alpha value is -2.72. The third-order valence-corrected chi connectivity index (χ3v) is 8.31. The quantitative estimate of drug-likeness (QED) is 0.463. The van der Waals surface area contributed by atoms with Gasteiger partial charge in [0.25, 0.3) is 0 Å². The second-order valence-electron chi connectivity index (χ2n) is 8.80. The molecule has 4 heteroatoms. The van der Waals surface area contributed by atoms with Gasteiger partial charge in [0, 0.05) is 15.8 Å². The van der Waals surface area contributed by atoms with Gasteiger partial charge in [0.1, 0.15) is 0 Å². The molecule has 1 saturated heterocycles. The fourth-order valence-corrected chi connectivity index (χ4v) is 6.49. The van der Waals surface area contributed by atoms with Crippen molar-refractivity contribution in [3.05, 3.63) is 99.0 Å². The standard InChI is InChI=1S/C26H20BrNO2/c1-14-11-12-15(13-20(14)27)28-24(29)22-21-16-7-3-5-9-18(16)26(2,23(22)25(28)30)19-10-6-4-8-17(19)21/h3-13,21-23H,1-2H3/t21?,22-,23+,26?/m0/s1. The summed E-state index contributed by atoms with van der Waals surface area (Å²) in [5.74, 6) is -1.01. The van der Waals surface area contributed by atoms with Crippen molar-refractivity contribution in [2.24, 2.45) is 11.8 Å². The summed E-state index contributed by atoms with van der Waals surface area (Å²) in [6.07, 6.45) is 0. The van der Waals surface area contributed by atoms with Crippen LogP contribution >= 0.6 is 15.9 Å². The summed E-state index contributed by atoms with van der Waals surface area (Å²) in [5.41, 5.74) is 5.94. The van der Waals surface area contributed by atoms with Crippen molar-refractivity contribution in [1.82, 2.24) is 0 Å². The Balaban J connectivity index is 1.60. The van der Waals surface area contributed by atoms with E-state index in [2.05, 4.69) is 47.1 Å². The second-order valence-corrected chi connectivity index (χ2v) is 9.66. The zero-order valence-electron chi connectivity index (χ0n) is 16.7. The molecule has 4 aliphatic rings. The SMILES string of the molecule is Cc1ccc(N2C(=O)[C@H]3C4c5ccccc5C(C)(c5ccccc54)[C@H]3C2=O)cc1Br. The van der Waals surface area contributed by atoms with Crippen LogP contribution in [-0.4, -0.2) is 11.8 Å². The number of carbonyl (C=O) groups excluding carboxylic acids is 2. The number of halogens is 1. The minimum atomic E-state index is -0.518. The molecule has 0 spiro atoms. The molecule has 0 aromatic heterocycles. The predicted octanol–water partition coefficient (Wildman–Crippen LogP) is 5.33. The molecule has 3 nitrogen and oxygen atoms in total. The Morgan fingerprint density at radius 1 is 0.867 bits per heavy atom. The van der Waals surface area contributed by atoms with E-state index in [-0.39, 0.29) is 29.6 Å². The first-order valence-corrected chi connectivity index (χ1v) is 11.1. The molecule has 3 aromatic rings. The van der Waals surface area contributed by atoms with Crippen molar-refractivity contribution in [1.29, 1.82) is 0 Å². The highest BCUT2D eigenvalue weighted by molar-refractivity contribution is 9.10. The Morgan fingerprint density at radius 3 is 2.07 bits per heavy atom. The number of anilines is 1. The van der Waals surface area contributed by atoms with Crippen molar-refractivity contribution in [2.75, 3.05) is 4.90 Å². The first-order chi connectivity index (χ1) is 14.4. The molecule has 1 heterocycles. The Labute approximate surface area is 183 Å². The van der Waals surface area contributed by atoms with E-state index in [1.165, 1.54) is 27.2 Å². The summed E-state index contributed by atoms with van der Waals surface area (Å²) in [6, 6.07) is 22.4. The van der Waals surface area contributed by atoms with Crippen LogP contribution in [0.5, 0.6) is 0 Å². The highest BCUT2D eigenvalue weighted by atomic mass is 79.9. The fourth-order valence-electron chi connectivity index (χ4n) is 6.13. The Morgan fingerprint density at radius 2 is 1.47 bits per heavy atom. The van der Waals surface area contributed by atoms with E-state index >= 15 is 0 Å². The molecule has 0 unspecified atom stereocenters. The van der Waals surface area contributed by atoms with E-state index in [4.69, 9.17) is 0 Å². The highest BCUT2D eigenvalue weighted by Gasteiger charge is 2.66. The summed E-state index contributed by atoms with van der Waals surface area (Å²) < 4.78 is 0.899. The van der Waals surface area contributed by atoms with Gasteiger partial charge in [-0.3, -0.25) is 9.59 Å². The van der Waals surface area contributed by atoms with Gasteiger partial charge in [-0.2, -0.15) is 0 Å². The first-order valence-electron chi connectivity index (χ1n) is 10.3. The lowest BCUT2D eigenvalue weighted by Crippen LogP contribution is -2.51. The molecular weight excluding hydrogens is 438 g/mol. The lowest BCUT2D eigenvalue weighted by Gasteiger charge is -2.52. The van der Waals surface area contributed by atoms with Crippen molar-refractivity contribution in [3.8, 4) is 0 Å². The van der Waals surface area contributed by atoms with Crippen LogP contribution in [0.4, 0.5) is 5.69 Å². The fraction of sp³-hybridized carbons (Fsp3) is 0.231. The molecule has 3 aliphatic carbocycles. The first kappa shape index (κ1) is 18.1. The molecule has 0 saturated carbocycles. The maximum absolute atomic E-state index is 13.9. The lowest BCUT2D eigenvalue weighted by molar-refractivity contribution is -0.123. The number of nitrogens with zero attached hydrogens (tertiary/aromatic N) is 1. The summed E-state index contributed by atoms with van der Waals surface area (Å²) >= 11 is 3.55. The third-order valence-electron chi connectivity index (χ3n) is 7.46. The van der Waals surface area contributed by atoms with Gasteiger partial charge >= 0.3 is 0 Å². The summed E-state index contributed by atoms with van der Waals surface area (Å²) in [4.78, 5) is 29.1. The predicted molar refractivity (Wildman–Crippen MR) is 120 cm³/mol. The summed E-state index contributed by atoms with van der Waals surface area (Å²) in [7, 11) is 0. The monoisotopic (exact) mass is 457 g/mol. The van der Waals surface area contributed by atoms with Crippen LogP contribution in [0.25, 0.3) is 0 Å². The third kappa shape index (κ3) is 2.00. The average Bonchev–Trinajstić information content (AvgIpc) is 3.02. The van der Waals surface area contributed by atoms with Crippen LogP contribution in [0.15, 0.2) is 71.2 Å². The van der Waals surface area contributed by atoms with Gasteiger partial charge in [0.2, 0.25) is 11.8 Å². The van der Waals surface area contributed by atoms with Crippen LogP contribution in [0.2, 0.25) is 0 Å². The highest BCUT2D eigenvalue weighted by Crippen LogP contribution is 2.64. The largest absolute Gasteiger partial charge is 0.274 e. The molecule has 2 amide bonds. The zero-order valence-corrected chi connectivity index (χ0v) is 18.3. The van der Waals surface area contributed by atoms with E-state index in [9.17, 15) is 9.59 Å². The van der Waals surface area contributed by atoms with Gasteiger partial charge in [0.15, 0.2) is 0 Å². The molecule has 7 rings (SSSR count). The molecule has 3 aromatic carbocycles. The molecule has 148 valence electrons. The molecule has 2 bridgehead atoms. The van der Waals surface area contributed by atoms with Crippen molar-refractivity contribution in [2.45, 2.75) is 25.2 Å². The molecule has 1 fully saturated rings. The van der Waals surface area contributed by atoms with E-state index in [1.807, 2.05) is 49.4 Å². The normalized spacial score (nSPS) is 28.4. The van der Waals surface area contributed by atoms with Crippen LogP contribution in [0, 0.1) is 18.8 Å². The minimum Gasteiger partial charge on any atom is -0.274 e. The zero-order chi connectivity index (χ0) is 20.8. The van der Waals surface area contributed by atoms with Gasteiger partial charge < -0.3 is 0 Å². The Kier molecular flexibility index (Phi) is 3.57. The second kappa shape index (κ2) is 5.92. The number of aryl methyl sites for hydroxylation is 1. The van der Waals surface area contributed by atoms with E-state index in [1.54, 1.807) is 0 Å². The summed E-state index contributed by atoms with van der Waals surface area (Å²) in [5, 5.41) is 0. The number of benzene rings is 3. The van der Waals surface area contributed by atoms with Crippen molar-refractivity contribution in [3.63, 3.8) is 0 Å². The number of amides is 2. The topological polar surface area (TPSA) is 37.4 Å². The maximum atomic E-state index is 13.9. The molecular formula is C26H20BrNO2. The van der Waals surface area contributed by atoms with Crippen LogP contribution < -0.4 is 4.90 Å². The number of imide groups is 1. The average molecular weight is 458 g/mol. The number of hydrogen-bond acceptors (Lipinski definition) is 2. The van der Waals surface area contributed by atoms with Gasteiger partial charge in [-0.05, 0) is 46.9 Å². The van der Waals surface area contributed by atoms with Crippen LogP contribution in [0.1, 0.15) is 40.7 Å². The molecule has 0 radical (unpaired) electrons. The van der Waals surface area contributed by atoms with Gasteiger partial charge in [-0.25, -0.2) is 4.90 Å². The number of carbonyl (C=O) groups is 2. The number of hydrogen-bond donors (Lipinski definition) is 0. The van der Waals surface area contributed by atoms with Gasteiger partial charge in [0.05, 0.1) is 17.5 Å². The minimum absolute atomic E-state index is 0.0824. The van der Waals surface area contributed by atoms with Gasteiger partial charge in [-0.15, -0.1) is 0 Å². The maximum Gasteiger partial charge on any atom is 0.238 e. The van der Waals surface area contributed by atoms with Gasteiger partial charge in [-0.1, -0.05) is 77.5 Å². The molecule has 30 heavy (non-hydrogen) atoms. The Bertz CT molecular complexity index is 1220. The van der Waals surface area contributed by atoms with Crippen molar-refractivity contribution < 1.29 is 9.59 Å². The number of rotatable bonds is 1. The molecule has 1 aliphatic heterocycles. The molecule has 0 N–H and O–H groups in total. The van der Waals surface area contributed by atoms with Crippen molar-refractivity contribution >= 4 is 33.4 Å². The van der Waals surface area contributed by atoms with E-state index in [0.717, 1.165) is 10.0 Å². The molecule has 2 atom stereocenters. The lowest BCUT2D eigenvalue weighted by atomic mass is 9.48. The smallest absolute Gasteiger partial charge is 0.238 e.